The van der Waals surface area contributed by atoms with Crippen molar-refractivity contribution in [3.05, 3.63) is 0 Å². The monoisotopic (exact) mass is 351 g/mol. The molecular weight excluding hydrogens is 306 g/mol. The van der Waals surface area contributed by atoms with Gasteiger partial charge in [0, 0.05) is 37.3 Å². The third-order valence-electron chi connectivity index (χ3n) is 6.06. The van der Waals surface area contributed by atoms with Crippen molar-refractivity contribution in [2.24, 2.45) is 22.9 Å². The number of nitrogens with zero attached hydrogens (tertiary/aromatic N) is 2. The molecule has 0 amide bonds. The summed E-state index contributed by atoms with van der Waals surface area (Å²) in [5.41, 5.74) is 3.16. The van der Waals surface area contributed by atoms with Gasteiger partial charge in [-0.2, -0.15) is 5.10 Å². The van der Waals surface area contributed by atoms with E-state index in [1.165, 1.54) is 57.9 Å². The highest BCUT2D eigenvalue weighted by Crippen LogP contribution is 2.41. The average molecular weight is 352 g/mol. The Hall–Kier alpha value is -0.570. The molecule has 0 aromatic rings. The summed E-state index contributed by atoms with van der Waals surface area (Å²) < 4.78 is 0. The van der Waals surface area contributed by atoms with Crippen molar-refractivity contribution in [2.45, 2.75) is 105 Å². The zero-order valence-corrected chi connectivity index (χ0v) is 17.9. The smallest absolute Gasteiger partial charge is 0.0301 e. The highest BCUT2D eigenvalue weighted by atomic mass is 15.3. The molecule has 0 aliphatic carbocycles. The van der Waals surface area contributed by atoms with Crippen molar-refractivity contribution in [1.82, 2.24) is 10.3 Å². The van der Waals surface area contributed by atoms with Gasteiger partial charge in [-0.25, -0.2) is 0 Å². The number of nitrogens with one attached hydrogen (secondary N) is 1. The fraction of sp³-hybridized carbons (Fsp3) is 0.955. The van der Waals surface area contributed by atoms with Gasteiger partial charge in [0.2, 0.25) is 0 Å². The van der Waals surface area contributed by atoms with Crippen LogP contribution in [-0.2, 0) is 0 Å². The number of unbranched alkanes of at least 4 members (excludes halogenated alkanes) is 2. The summed E-state index contributed by atoms with van der Waals surface area (Å²) >= 11 is 0. The van der Waals surface area contributed by atoms with Gasteiger partial charge in [-0.1, -0.05) is 60.3 Å². The number of hydrazone groups is 1. The number of hydrogen-bond donors (Lipinski definition) is 1. The van der Waals surface area contributed by atoms with Crippen LogP contribution in [0.15, 0.2) is 5.10 Å². The molecule has 0 spiro atoms. The molecule has 5 unspecified atom stereocenters. The molecule has 148 valence electrons. The fourth-order valence-corrected chi connectivity index (χ4v) is 4.92. The van der Waals surface area contributed by atoms with Crippen molar-refractivity contribution in [3.8, 4) is 0 Å². The molecule has 3 heteroatoms. The predicted octanol–water partition coefficient (Wildman–Crippen LogP) is 5.70. The van der Waals surface area contributed by atoms with E-state index in [1.807, 2.05) is 0 Å². The molecular formula is C22H45N3. The molecule has 0 aromatic carbocycles. The first kappa shape index (κ1) is 22.5. The first-order valence-corrected chi connectivity index (χ1v) is 11.2. The Kier molecular flexibility index (Phi) is 11.4. The molecule has 25 heavy (non-hydrogen) atoms. The molecule has 0 aromatic heterocycles. The van der Waals surface area contributed by atoms with Crippen LogP contribution in [0.1, 0.15) is 92.9 Å². The van der Waals surface area contributed by atoms with Crippen molar-refractivity contribution in [2.75, 3.05) is 13.1 Å². The van der Waals surface area contributed by atoms with Gasteiger partial charge in [-0.15, -0.1) is 0 Å². The Labute approximate surface area is 158 Å². The zero-order chi connectivity index (χ0) is 18.7. The minimum absolute atomic E-state index is 0.608. The van der Waals surface area contributed by atoms with Gasteiger partial charge in [0.25, 0.3) is 0 Å². The molecule has 1 heterocycles. The van der Waals surface area contributed by atoms with Gasteiger partial charge >= 0.3 is 0 Å². The quantitative estimate of drug-likeness (QED) is 0.262. The third-order valence-corrected chi connectivity index (χ3v) is 6.06. The normalized spacial score (nSPS) is 28.7. The maximum Gasteiger partial charge on any atom is 0.0301 e. The van der Waals surface area contributed by atoms with Crippen LogP contribution in [-0.4, -0.2) is 36.3 Å². The fourth-order valence-electron chi connectivity index (χ4n) is 4.92. The summed E-state index contributed by atoms with van der Waals surface area (Å²) in [4.78, 5) is 2.87. The topological polar surface area (TPSA) is 27.6 Å². The summed E-state index contributed by atoms with van der Waals surface area (Å²) in [5, 5.41) is 4.54. The number of hydrogen-bond acceptors (Lipinski definition) is 3. The van der Waals surface area contributed by atoms with Gasteiger partial charge in [0.1, 0.15) is 0 Å². The Morgan fingerprint density at radius 3 is 2.28 bits per heavy atom. The highest BCUT2D eigenvalue weighted by Gasteiger charge is 2.45. The zero-order valence-electron chi connectivity index (χ0n) is 17.9. The largest absolute Gasteiger partial charge is 0.311 e. The van der Waals surface area contributed by atoms with E-state index < -0.39 is 0 Å². The lowest BCUT2D eigenvalue weighted by molar-refractivity contribution is 0.141. The standard InChI is InChI=1S/C22H45N3/c1-7-12-13-15-18(6)17-25-21(9-3)19(14-8-2)20(22(25)10-4)16-24-23-11-5/h16,18-23H,7-15,17H2,1-6H3/b24-16-. The molecule has 1 saturated heterocycles. The highest BCUT2D eigenvalue weighted by molar-refractivity contribution is 5.63. The second kappa shape index (κ2) is 12.7. The van der Waals surface area contributed by atoms with Gasteiger partial charge < -0.3 is 5.43 Å². The van der Waals surface area contributed by atoms with Crippen LogP contribution in [0.5, 0.6) is 0 Å². The van der Waals surface area contributed by atoms with E-state index >= 15 is 0 Å². The van der Waals surface area contributed by atoms with Crippen molar-refractivity contribution >= 4 is 6.21 Å². The minimum atomic E-state index is 0.608. The van der Waals surface area contributed by atoms with Crippen LogP contribution < -0.4 is 5.43 Å². The molecule has 3 nitrogen and oxygen atoms in total. The molecule has 5 atom stereocenters. The number of rotatable bonds is 13. The second-order valence-corrected chi connectivity index (χ2v) is 8.07. The maximum atomic E-state index is 4.54. The van der Waals surface area contributed by atoms with E-state index in [1.54, 1.807) is 0 Å². The van der Waals surface area contributed by atoms with E-state index in [4.69, 9.17) is 0 Å². The average Bonchev–Trinajstić information content (AvgIpc) is 2.87. The third kappa shape index (κ3) is 6.58. The van der Waals surface area contributed by atoms with Gasteiger partial charge in [-0.3, -0.25) is 4.90 Å². The molecule has 1 aliphatic heterocycles. The molecule has 1 aliphatic rings. The summed E-state index contributed by atoms with van der Waals surface area (Å²) in [6.07, 6.45) is 12.9. The second-order valence-electron chi connectivity index (χ2n) is 8.07. The van der Waals surface area contributed by atoms with Crippen LogP contribution in [0.4, 0.5) is 0 Å². The first-order chi connectivity index (χ1) is 12.1. The molecule has 1 fully saturated rings. The summed E-state index contributed by atoms with van der Waals surface area (Å²) in [7, 11) is 0. The molecule has 0 saturated carbocycles. The molecule has 1 N–H and O–H groups in total. The summed E-state index contributed by atoms with van der Waals surface area (Å²) in [6, 6.07) is 1.40. The first-order valence-electron chi connectivity index (χ1n) is 11.2. The van der Waals surface area contributed by atoms with Crippen molar-refractivity contribution < 1.29 is 0 Å². The Morgan fingerprint density at radius 2 is 1.72 bits per heavy atom. The van der Waals surface area contributed by atoms with Crippen LogP contribution in [0.3, 0.4) is 0 Å². The Bertz CT molecular complexity index is 355. The van der Waals surface area contributed by atoms with Gasteiger partial charge in [0.15, 0.2) is 0 Å². The van der Waals surface area contributed by atoms with Crippen LogP contribution in [0.2, 0.25) is 0 Å². The van der Waals surface area contributed by atoms with E-state index in [-0.39, 0.29) is 0 Å². The van der Waals surface area contributed by atoms with Crippen molar-refractivity contribution in [1.29, 1.82) is 0 Å². The predicted molar refractivity (Wildman–Crippen MR) is 112 cm³/mol. The Morgan fingerprint density at radius 1 is 1.00 bits per heavy atom. The Balaban J connectivity index is 2.88. The van der Waals surface area contributed by atoms with Gasteiger partial charge in [-0.05, 0) is 44.4 Å². The summed E-state index contributed by atoms with van der Waals surface area (Å²) in [5.74, 6) is 2.18. The van der Waals surface area contributed by atoms with E-state index in [2.05, 4.69) is 63.2 Å². The van der Waals surface area contributed by atoms with E-state index in [0.717, 1.165) is 24.4 Å². The maximum absolute atomic E-state index is 4.54. The van der Waals surface area contributed by atoms with E-state index in [9.17, 15) is 0 Å². The lowest BCUT2D eigenvalue weighted by atomic mass is 9.83. The minimum Gasteiger partial charge on any atom is -0.311 e. The van der Waals surface area contributed by atoms with Crippen LogP contribution in [0.25, 0.3) is 0 Å². The SMILES string of the molecule is CCCCCC(C)CN1C(CC)C(/C=N\NCC)C(CCC)C1CC. The van der Waals surface area contributed by atoms with Gasteiger partial charge in [0.05, 0.1) is 0 Å². The molecule has 0 bridgehead atoms. The van der Waals surface area contributed by atoms with Crippen LogP contribution >= 0.6 is 0 Å². The van der Waals surface area contributed by atoms with Crippen molar-refractivity contribution in [3.63, 3.8) is 0 Å². The lowest BCUT2D eigenvalue weighted by Gasteiger charge is -2.33. The molecule has 0 radical (unpaired) electrons. The van der Waals surface area contributed by atoms with E-state index in [0.29, 0.717) is 12.0 Å². The number of likely N-dealkylation sites (tertiary alicyclic amines) is 1. The van der Waals surface area contributed by atoms with Crippen LogP contribution in [0, 0.1) is 17.8 Å². The lowest BCUT2D eigenvalue weighted by Crippen LogP contribution is -2.40. The summed E-state index contributed by atoms with van der Waals surface area (Å²) in [6.45, 7) is 16.2. The molecule has 1 rings (SSSR count).